The molecule has 2 aromatic carbocycles. The van der Waals surface area contributed by atoms with E-state index in [1.165, 1.54) is 6.07 Å². The molecule has 2 rings (SSSR count). The maximum Gasteiger partial charge on any atom is 0.238 e. The van der Waals surface area contributed by atoms with Gasteiger partial charge in [-0.3, -0.25) is 4.79 Å². The van der Waals surface area contributed by atoms with Crippen molar-refractivity contribution in [1.29, 1.82) is 0 Å². The Morgan fingerprint density at radius 3 is 2.73 bits per heavy atom. The first-order valence-corrected chi connectivity index (χ1v) is 7.44. The second kappa shape index (κ2) is 7.92. The van der Waals surface area contributed by atoms with E-state index in [0.29, 0.717) is 29.2 Å². The average molecular weight is 321 g/mol. The number of benzene rings is 2. The van der Waals surface area contributed by atoms with Gasteiger partial charge in [0.05, 0.1) is 6.54 Å². The Labute approximate surface area is 134 Å². The maximum absolute atomic E-state index is 13.4. The van der Waals surface area contributed by atoms with Crippen LogP contribution in [-0.4, -0.2) is 19.0 Å². The number of amides is 1. The first-order valence-electron chi connectivity index (χ1n) is 7.06. The molecule has 0 spiro atoms. The van der Waals surface area contributed by atoms with Crippen LogP contribution >= 0.6 is 11.6 Å². The van der Waals surface area contributed by atoms with E-state index in [4.69, 9.17) is 11.6 Å². The number of halogens is 2. The van der Waals surface area contributed by atoms with Crippen LogP contribution in [0.1, 0.15) is 11.1 Å². The third kappa shape index (κ3) is 4.83. The quantitative estimate of drug-likeness (QED) is 0.799. The number of carbonyl (C=O) groups excluding carboxylic acids is 1. The second-order valence-electron chi connectivity index (χ2n) is 5.03. The highest BCUT2D eigenvalue weighted by Crippen LogP contribution is 2.19. The van der Waals surface area contributed by atoms with Gasteiger partial charge in [0.1, 0.15) is 5.82 Å². The van der Waals surface area contributed by atoms with Gasteiger partial charge in [-0.15, -0.1) is 0 Å². The molecular weight excluding hydrogens is 303 g/mol. The second-order valence-corrected chi connectivity index (χ2v) is 5.44. The van der Waals surface area contributed by atoms with Crippen molar-refractivity contribution in [2.75, 3.05) is 18.4 Å². The fourth-order valence-corrected chi connectivity index (χ4v) is 2.18. The molecule has 0 fully saturated rings. The molecule has 2 aromatic rings. The summed E-state index contributed by atoms with van der Waals surface area (Å²) in [7, 11) is 0. The van der Waals surface area contributed by atoms with Crippen molar-refractivity contribution in [2.24, 2.45) is 0 Å². The first kappa shape index (κ1) is 16.5. The highest BCUT2D eigenvalue weighted by molar-refractivity contribution is 6.31. The van der Waals surface area contributed by atoms with Crippen LogP contribution in [0.3, 0.4) is 0 Å². The third-order valence-electron chi connectivity index (χ3n) is 3.27. The minimum atomic E-state index is -0.219. The van der Waals surface area contributed by atoms with Crippen molar-refractivity contribution < 1.29 is 9.18 Å². The lowest BCUT2D eigenvalue weighted by Crippen LogP contribution is -2.29. The van der Waals surface area contributed by atoms with Crippen LogP contribution in [0.4, 0.5) is 10.1 Å². The number of rotatable bonds is 6. The van der Waals surface area contributed by atoms with Gasteiger partial charge in [-0.2, -0.15) is 0 Å². The standard InChI is InChI=1S/C17H18ClFN2O/c1-12-6-7-14(10-15(12)18)21-17(22)11-20-9-8-13-4-2-3-5-16(13)19/h2-7,10,20H,8-9,11H2,1H3,(H,21,22). The van der Waals surface area contributed by atoms with Crippen LogP contribution < -0.4 is 10.6 Å². The smallest absolute Gasteiger partial charge is 0.238 e. The number of hydrogen-bond donors (Lipinski definition) is 2. The van der Waals surface area contributed by atoms with Gasteiger partial charge in [-0.1, -0.05) is 35.9 Å². The van der Waals surface area contributed by atoms with Crippen LogP contribution in [0.15, 0.2) is 42.5 Å². The minimum absolute atomic E-state index is 0.159. The Bertz CT molecular complexity index is 661. The van der Waals surface area contributed by atoms with Crippen molar-refractivity contribution in [1.82, 2.24) is 5.32 Å². The summed E-state index contributed by atoms with van der Waals surface area (Å²) in [6, 6.07) is 12.0. The molecule has 0 heterocycles. The molecule has 1 amide bonds. The summed E-state index contributed by atoms with van der Waals surface area (Å²) in [6.45, 7) is 2.60. The lowest BCUT2D eigenvalue weighted by atomic mass is 10.1. The molecule has 5 heteroatoms. The highest BCUT2D eigenvalue weighted by Gasteiger charge is 2.04. The Hall–Kier alpha value is -1.91. The normalized spacial score (nSPS) is 10.5. The Morgan fingerprint density at radius 2 is 2.00 bits per heavy atom. The molecular formula is C17H18ClFN2O. The van der Waals surface area contributed by atoms with Crippen LogP contribution in [-0.2, 0) is 11.2 Å². The third-order valence-corrected chi connectivity index (χ3v) is 3.68. The molecule has 0 unspecified atom stereocenters. The van der Waals surface area contributed by atoms with Gasteiger partial charge in [0.15, 0.2) is 0 Å². The Kier molecular flexibility index (Phi) is 5.92. The van der Waals surface area contributed by atoms with E-state index < -0.39 is 0 Å². The molecule has 116 valence electrons. The summed E-state index contributed by atoms with van der Waals surface area (Å²) >= 11 is 6.00. The molecule has 0 radical (unpaired) electrons. The molecule has 22 heavy (non-hydrogen) atoms. The fourth-order valence-electron chi connectivity index (χ4n) is 2.00. The zero-order valence-electron chi connectivity index (χ0n) is 12.3. The molecule has 0 saturated heterocycles. The summed E-state index contributed by atoms with van der Waals surface area (Å²) in [5.41, 5.74) is 2.26. The summed E-state index contributed by atoms with van der Waals surface area (Å²) in [5, 5.41) is 6.37. The van der Waals surface area contributed by atoms with Crippen molar-refractivity contribution in [3.05, 3.63) is 64.4 Å². The molecule has 0 aliphatic rings. The van der Waals surface area contributed by atoms with E-state index in [1.54, 1.807) is 30.3 Å². The topological polar surface area (TPSA) is 41.1 Å². The predicted octanol–water partition coefficient (Wildman–Crippen LogP) is 3.56. The number of hydrogen-bond acceptors (Lipinski definition) is 2. The van der Waals surface area contributed by atoms with E-state index in [0.717, 1.165) is 5.56 Å². The molecule has 0 aliphatic heterocycles. The SMILES string of the molecule is Cc1ccc(NC(=O)CNCCc2ccccc2F)cc1Cl. The number of anilines is 1. The van der Waals surface area contributed by atoms with E-state index in [2.05, 4.69) is 10.6 Å². The van der Waals surface area contributed by atoms with Crippen molar-refractivity contribution in [3.63, 3.8) is 0 Å². The van der Waals surface area contributed by atoms with Gasteiger partial charge < -0.3 is 10.6 Å². The zero-order valence-corrected chi connectivity index (χ0v) is 13.1. The lowest BCUT2D eigenvalue weighted by molar-refractivity contribution is -0.115. The largest absolute Gasteiger partial charge is 0.325 e. The van der Waals surface area contributed by atoms with E-state index in [1.807, 2.05) is 13.0 Å². The van der Waals surface area contributed by atoms with Crippen LogP contribution in [0.2, 0.25) is 5.02 Å². The average Bonchev–Trinajstić information content (AvgIpc) is 2.49. The van der Waals surface area contributed by atoms with Gasteiger partial charge in [-0.05, 0) is 49.2 Å². The van der Waals surface area contributed by atoms with Crippen LogP contribution in [0, 0.1) is 12.7 Å². The Balaban J connectivity index is 1.74. The lowest BCUT2D eigenvalue weighted by Gasteiger charge is -2.08. The molecule has 0 atom stereocenters. The van der Waals surface area contributed by atoms with Gasteiger partial charge >= 0.3 is 0 Å². The number of aryl methyl sites for hydroxylation is 1. The molecule has 3 nitrogen and oxygen atoms in total. The van der Waals surface area contributed by atoms with E-state index in [-0.39, 0.29) is 18.3 Å². The molecule has 0 aliphatic carbocycles. The van der Waals surface area contributed by atoms with Crippen molar-refractivity contribution in [2.45, 2.75) is 13.3 Å². The Morgan fingerprint density at radius 1 is 1.23 bits per heavy atom. The summed E-state index contributed by atoms with van der Waals surface area (Å²) < 4.78 is 13.4. The monoisotopic (exact) mass is 320 g/mol. The molecule has 0 bridgehead atoms. The summed E-state index contributed by atoms with van der Waals surface area (Å²) in [5.74, 6) is -0.378. The molecule has 0 saturated carbocycles. The maximum atomic E-state index is 13.4. The van der Waals surface area contributed by atoms with Gasteiger partial charge in [0.2, 0.25) is 5.91 Å². The predicted molar refractivity (Wildman–Crippen MR) is 87.8 cm³/mol. The van der Waals surface area contributed by atoms with Crippen molar-refractivity contribution >= 4 is 23.2 Å². The van der Waals surface area contributed by atoms with Gasteiger partial charge in [-0.25, -0.2) is 4.39 Å². The number of carbonyl (C=O) groups is 1. The fraction of sp³-hybridized carbons (Fsp3) is 0.235. The number of nitrogens with one attached hydrogen (secondary N) is 2. The molecule has 0 aromatic heterocycles. The molecule has 2 N–H and O–H groups in total. The van der Waals surface area contributed by atoms with Gasteiger partial charge in [0.25, 0.3) is 0 Å². The van der Waals surface area contributed by atoms with Crippen LogP contribution in [0.5, 0.6) is 0 Å². The zero-order chi connectivity index (χ0) is 15.9. The van der Waals surface area contributed by atoms with E-state index >= 15 is 0 Å². The highest BCUT2D eigenvalue weighted by atomic mass is 35.5. The van der Waals surface area contributed by atoms with Gasteiger partial charge in [0, 0.05) is 10.7 Å². The minimum Gasteiger partial charge on any atom is -0.325 e. The van der Waals surface area contributed by atoms with Crippen LogP contribution in [0.25, 0.3) is 0 Å². The van der Waals surface area contributed by atoms with E-state index in [9.17, 15) is 9.18 Å². The summed E-state index contributed by atoms with van der Waals surface area (Å²) in [4.78, 5) is 11.8. The van der Waals surface area contributed by atoms with Crippen molar-refractivity contribution in [3.8, 4) is 0 Å². The summed E-state index contributed by atoms with van der Waals surface area (Å²) in [6.07, 6.45) is 0.538. The first-order chi connectivity index (χ1) is 10.6.